The van der Waals surface area contributed by atoms with Crippen molar-refractivity contribution >= 4 is 5.69 Å². The maximum atomic E-state index is 9.30. The van der Waals surface area contributed by atoms with E-state index in [-0.39, 0.29) is 11.8 Å². The molecule has 1 atom stereocenters. The second-order valence-corrected chi connectivity index (χ2v) is 3.21. The predicted octanol–water partition coefficient (Wildman–Crippen LogP) is 0.920. The van der Waals surface area contributed by atoms with E-state index in [4.69, 9.17) is 11.5 Å². The van der Waals surface area contributed by atoms with E-state index in [9.17, 15) is 5.11 Å². The Balaban J connectivity index is 2.60. The standard InChI is InChI=1S/C9H12N2O/c10-7-3-1-6-5(7)2-4-8(12)9(6)11/h2,4,7,12H,1,3,10-11H2. The Labute approximate surface area is 71.0 Å². The number of nitrogen functional groups attached to an aromatic ring is 1. The molecule has 2 rings (SSSR count). The molecule has 3 heteroatoms. The van der Waals surface area contributed by atoms with Crippen molar-refractivity contribution in [3.05, 3.63) is 23.3 Å². The summed E-state index contributed by atoms with van der Waals surface area (Å²) in [6, 6.07) is 3.57. The maximum Gasteiger partial charge on any atom is 0.138 e. The first-order valence-corrected chi connectivity index (χ1v) is 4.06. The quantitative estimate of drug-likeness (QED) is 0.394. The molecule has 1 unspecified atom stereocenters. The number of fused-ring (bicyclic) bond motifs is 1. The van der Waals surface area contributed by atoms with Crippen molar-refractivity contribution in [2.75, 3.05) is 5.73 Å². The van der Waals surface area contributed by atoms with Gasteiger partial charge in [0.1, 0.15) is 5.75 Å². The van der Waals surface area contributed by atoms with E-state index >= 15 is 0 Å². The van der Waals surface area contributed by atoms with Gasteiger partial charge in [-0.3, -0.25) is 0 Å². The van der Waals surface area contributed by atoms with Crippen molar-refractivity contribution < 1.29 is 5.11 Å². The van der Waals surface area contributed by atoms with Crippen LogP contribution in [0.4, 0.5) is 5.69 Å². The molecule has 0 fully saturated rings. The number of hydrogen-bond donors (Lipinski definition) is 3. The number of hydrogen-bond acceptors (Lipinski definition) is 3. The number of aromatic hydroxyl groups is 1. The Kier molecular flexibility index (Phi) is 1.48. The number of nitrogens with two attached hydrogens (primary N) is 2. The highest BCUT2D eigenvalue weighted by molar-refractivity contribution is 5.62. The van der Waals surface area contributed by atoms with Crippen LogP contribution in [0.15, 0.2) is 12.1 Å². The molecule has 0 heterocycles. The maximum absolute atomic E-state index is 9.30. The third-order valence-electron chi connectivity index (χ3n) is 2.48. The Bertz CT molecular complexity index is 323. The molecule has 1 aromatic rings. The molecule has 0 spiro atoms. The van der Waals surface area contributed by atoms with Gasteiger partial charge in [-0.05, 0) is 30.0 Å². The number of benzene rings is 1. The van der Waals surface area contributed by atoms with Crippen LogP contribution in [0.25, 0.3) is 0 Å². The molecule has 3 nitrogen and oxygen atoms in total. The number of phenolic OH excluding ortho intramolecular Hbond substituents is 1. The van der Waals surface area contributed by atoms with Crippen LogP contribution in [0, 0.1) is 0 Å². The summed E-state index contributed by atoms with van der Waals surface area (Å²) in [6.45, 7) is 0. The molecule has 0 saturated carbocycles. The zero-order valence-electron chi connectivity index (χ0n) is 6.75. The van der Waals surface area contributed by atoms with Crippen LogP contribution in [0.1, 0.15) is 23.6 Å². The molecule has 5 N–H and O–H groups in total. The summed E-state index contributed by atoms with van der Waals surface area (Å²) in [5.74, 6) is 0.169. The topological polar surface area (TPSA) is 72.3 Å². The second-order valence-electron chi connectivity index (χ2n) is 3.21. The van der Waals surface area contributed by atoms with Crippen LogP contribution in [0.2, 0.25) is 0 Å². The van der Waals surface area contributed by atoms with Crippen molar-refractivity contribution in [1.29, 1.82) is 0 Å². The minimum Gasteiger partial charge on any atom is -0.506 e. The minimum atomic E-state index is 0.0999. The first-order valence-electron chi connectivity index (χ1n) is 4.06. The summed E-state index contributed by atoms with van der Waals surface area (Å²) in [5.41, 5.74) is 14.1. The van der Waals surface area contributed by atoms with E-state index in [2.05, 4.69) is 0 Å². The molecular weight excluding hydrogens is 152 g/mol. The summed E-state index contributed by atoms with van der Waals surface area (Å²) in [7, 11) is 0. The molecule has 1 aliphatic rings. The summed E-state index contributed by atoms with van der Waals surface area (Å²) < 4.78 is 0. The second kappa shape index (κ2) is 2.38. The number of phenols is 1. The highest BCUT2D eigenvalue weighted by Gasteiger charge is 2.21. The Morgan fingerprint density at radius 2 is 2.17 bits per heavy atom. The normalized spacial score (nSPS) is 20.9. The molecule has 64 valence electrons. The summed E-state index contributed by atoms with van der Waals surface area (Å²) in [5, 5.41) is 9.30. The van der Waals surface area contributed by atoms with Crippen molar-refractivity contribution in [2.45, 2.75) is 18.9 Å². The fraction of sp³-hybridized carbons (Fsp3) is 0.333. The van der Waals surface area contributed by atoms with Gasteiger partial charge in [-0.25, -0.2) is 0 Å². The molecule has 1 aliphatic carbocycles. The average molecular weight is 164 g/mol. The highest BCUT2D eigenvalue weighted by atomic mass is 16.3. The van der Waals surface area contributed by atoms with E-state index in [1.807, 2.05) is 6.07 Å². The van der Waals surface area contributed by atoms with Crippen LogP contribution in [0.5, 0.6) is 5.75 Å². The van der Waals surface area contributed by atoms with Crippen molar-refractivity contribution in [3.63, 3.8) is 0 Å². The van der Waals surface area contributed by atoms with Gasteiger partial charge in [0.15, 0.2) is 0 Å². The van der Waals surface area contributed by atoms with Crippen LogP contribution in [-0.4, -0.2) is 5.11 Å². The van der Waals surface area contributed by atoms with Gasteiger partial charge in [0, 0.05) is 6.04 Å². The summed E-state index contributed by atoms with van der Waals surface area (Å²) >= 11 is 0. The minimum absolute atomic E-state index is 0.0999. The number of rotatable bonds is 0. The highest BCUT2D eigenvalue weighted by Crippen LogP contribution is 2.37. The van der Waals surface area contributed by atoms with E-state index in [0.29, 0.717) is 5.69 Å². The van der Waals surface area contributed by atoms with Gasteiger partial charge < -0.3 is 16.6 Å². The summed E-state index contributed by atoms with van der Waals surface area (Å²) in [4.78, 5) is 0. The molecule has 12 heavy (non-hydrogen) atoms. The van der Waals surface area contributed by atoms with Gasteiger partial charge in [-0.1, -0.05) is 6.07 Å². The molecule has 0 radical (unpaired) electrons. The third-order valence-corrected chi connectivity index (χ3v) is 2.48. The molecule has 0 bridgehead atoms. The van der Waals surface area contributed by atoms with E-state index in [1.165, 1.54) is 0 Å². The molecule has 0 saturated heterocycles. The molecule has 1 aromatic carbocycles. The molecule has 0 aromatic heterocycles. The lowest BCUT2D eigenvalue weighted by molar-refractivity contribution is 0.477. The molecule has 0 amide bonds. The zero-order chi connectivity index (χ0) is 8.72. The fourth-order valence-electron chi connectivity index (χ4n) is 1.75. The van der Waals surface area contributed by atoms with Gasteiger partial charge in [0.25, 0.3) is 0 Å². The SMILES string of the molecule is Nc1c(O)ccc2c1CCC2N. The van der Waals surface area contributed by atoms with Crippen LogP contribution in [-0.2, 0) is 6.42 Å². The van der Waals surface area contributed by atoms with Gasteiger partial charge in [0.2, 0.25) is 0 Å². The zero-order valence-corrected chi connectivity index (χ0v) is 6.75. The first-order chi connectivity index (χ1) is 5.70. The third kappa shape index (κ3) is 0.865. The lowest BCUT2D eigenvalue weighted by atomic mass is 10.1. The van der Waals surface area contributed by atoms with E-state index in [0.717, 1.165) is 24.0 Å². The monoisotopic (exact) mass is 164 g/mol. The summed E-state index contributed by atoms with van der Waals surface area (Å²) in [6.07, 6.45) is 1.82. The lowest BCUT2D eigenvalue weighted by Gasteiger charge is -2.07. The fourth-order valence-corrected chi connectivity index (χ4v) is 1.75. The van der Waals surface area contributed by atoms with Crippen molar-refractivity contribution in [1.82, 2.24) is 0 Å². The Morgan fingerprint density at radius 3 is 2.92 bits per heavy atom. The largest absolute Gasteiger partial charge is 0.506 e. The van der Waals surface area contributed by atoms with E-state index < -0.39 is 0 Å². The molecule has 0 aliphatic heterocycles. The van der Waals surface area contributed by atoms with Crippen molar-refractivity contribution in [3.8, 4) is 5.75 Å². The number of anilines is 1. The first kappa shape index (κ1) is 7.43. The van der Waals surface area contributed by atoms with Gasteiger partial charge in [-0.15, -0.1) is 0 Å². The van der Waals surface area contributed by atoms with Gasteiger partial charge >= 0.3 is 0 Å². The van der Waals surface area contributed by atoms with Crippen LogP contribution in [0.3, 0.4) is 0 Å². The Hall–Kier alpha value is -1.22. The smallest absolute Gasteiger partial charge is 0.138 e. The van der Waals surface area contributed by atoms with E-state index in [1.54, 1.807) is 6.07 Å². The van der Waals surface area contributed by atoms with Crippen LogP contribution < -0.4 is 11.5 Å². The lowest BCUT2D eigenvalue weighted by Crippen LogP contribution is -2.05. The average Bonchev–Trinajstić information content (AvgIpc) is 2.41. The Morgan fingerprint density at radius 1 is 1.42 bits per heavy atom. The predicted molar refractivity (Wildman–Crippen MR) is 47.8 cm³/mol. The van der Waals surface area contributed by atoms with Crippen molar-refractivity contribution in [2.24, 2.45) is 5.73 Å². The van der Waals surface area contributed by atoms with Gasteiger partial charge in [0.05, 0.1) is 5.69 Å². The van der Waals surface area contributed by atoms with Gasteiger partial charge in [-0.2, -0.15) is 0 Å². The molecular formula is C9H12N2O. The van der Waals surface area contributed by atoms with Crippen LogP contribution >= 0.6 is 0 Å².